The highest BCUT2D eigenvalue weighted by Crippen LogP contribution is 2.22. The summed E-state index contributed by atoms with van der Waals surface area (Å²) in [5, 5.41) is 13.4. The molecule has 0 fully saturated rings. The van der Waals surface area contributed by atoms with Crippen molar-refractivity contribution in [1.82, 2.24) is 5.32 Å². The van der Waals surface area contributed by atoms with E-state index in [0.717, 1.165) is 11.6 Å². The van der Waals surface area contributed by atoms with Gasteiger partial charge in [0.05, 0.1) is 15.5 Å². The number of carbonyl (C=O) groups is 2. The Morgan fingerprint density at radius 2 is 1.72 bits per heavy atom. The summed E-state index contributed by atoms with van der Waals surface area (Å²) in [5.41, 5.74) is 1.78. The zero-order chi connectivity index (χ0) is 23.3. The number of rotatable bonds is 7. The highest BCUT2D eigenvalue weighted by molar-refractivity contribution is 6.34. The van der Waals surface area contributed by atoms with E-state index in [1.54, 1.807) is 12.1 Å². The number of anilines is 1. The maximum Gasteiger partial charge on any atom is 0.270 e. The van der Waals surface area contributed by atoms with E-state index < -0.39 is 16.6 Å². The van der Waals surface area contributed by atoms with Gasteiger partial charge in [0.15, 0.2) is 0 Å². The molecule has 0 spiro atoms. The van der Waals surface area contributed by atoms with Crippen molar-refractivity contribution in [3.8, 4) is 0 Å². The van der Waals surface area contributed by atoms with Crippen LogP contribution < -0.4 is 10.2 Å². The van der Waals surface area contributed by atoms with Gasteiger partial charge in [0.2, 0.25) is 0 Å². The first kappa shape index (κ1) is 22.9. The molecule has 32 heavy (non-hydrogen) atoms. The number of nitrogens with one attached hydrogen (secondary N) is 1. The van der Waals surface area contributed by atoms with Crippen LogP contribution in [0.2, 0.25) is 5.02 Å². The molecule has 164 valence electrons. The van der Waals surface area contributed by atoms with Gasteiger partial charge in [-0.25, -0.2) is 4.39 Å². The monoisotopic (exact) mass is 455 g/mol. The lowest BCUT2D eigenvalue weighted by Gasteiger charge is -2.23. The lowest BCUT2D eigenvalue weighted by atomic mass is 10.1. The molecule has 0 heterocycles. The number of aryl methyl sites for hydroxylation is 1. The lowest BCUT2D eigenvalue weighted by Crippen LogP contribution is -2.38. The second-order valence-corrected chi connectivity index (χ2v) is 7.38. The molecule has 0 aliphatic rings. The topological polar surface area (TPSA) is 92.6 Å². The summed E-state index contributed by atoms with van der Waals surface area (Å²) in [4.78, 5) is 37.2. The molecule has 0 aliphatic carbocycles. The van der Waals surface area contributed by atoms with Crippen LogP contribution in [0, 0.1) is 22.9 Å². The van der Waals surface area contributed by atoms with E-state index in [1.165, 1.54) is 41.3 Å². The number of amides is 2. The summed E-state index contributed by atoms with van der Waals surface area (Å²) in [6, 6.07) is 16.0. The van der Waals surface area contributed by atoms with Crippen LogP contribution in [-0.2, 0) is 0 Å². The summed E-state index contributed by atoms with van der Waals surface area (Å²) >= 11 is 6.00. The average molecular weight is 456 g/mol. The fourth-order valence-corrected chi connectivity index (χ4v) is 3.26. The Bertz CT molecular complexity index is 1150. The third kappa shape index (κ3) is 5.47. The molecule has 1 N–H and O–H groups in total. The fraction of sp³-hybridized carbons (Fsp3) is 0.130. The van der Waals surface area contributed by atoms with Crippen LogP contribution in [0.25, 0.3) is 0 Å². The van der Waals surface area contributed by atoms with Gasteiger partial charge in [-0.05, 0) is 49.4 Å². The quantitative estimate of drug-likeness (QED) is 0.410. The van der Waals surface area contributed by atoms with E-state index in [2.05, 4.69) is 5.32 Å². The van der Waals surface area contributed by atoms with Crippen molar-refractivity contribution in [2.24, 2.45) is 0 Å². The molecule has 3 rings (SSSR count). The molecule has 0 saturated heterocycles. The molecule has 0 atom stereocenters. The highest BCUT2D eigenvalue weighted by Gasteiger charge is 2.19. The molecule has 0 radical (unpaired) electrons. The van der Waals surface area contributed by atoms with E-state index in [-0.39, 0.29) is 35.3 Å². The zero-order valence-electron chi connectivity index (χ0n) is 17.0. The second kappa shape index (κ2) is 10.0. The molecule has 3 aromatic rings. The molecule has 3 aromatic carbocycles. The lowest BCUT2D eigenvalue weighted by molar-refractivity contribution is -0.384. The van der Waals surface area contributed by atoms with E-state index in [9.17, 15) is 24.1 Å². The summed E-state index contributed by atoms with van der Waals surface area (Å²) in [6.07, 6.45) is 0. The minimum absolute atomic E-state index is 0.0529. The van der Waals surface area contributed by atoms with Crippen LogP contribution in [-0.4, -0.2) is 29.8 Å². The first-order chi connectivity index (χ1) is 15.3. The van der Waals surface area contributed by atoms with E-state index in [4.69, 9.17) is 11.6 Å². The summed E-state index contributed by atoms with van der Waals surface area (Å²) < 4.78 is 13.4. The van der Waals surface area contributed by atoms with Crippen molar-refractivity contribution in [3.05, 3.63) is 104 Å². The number of nitro groups is 1. The summed E-state index contributed by atoms with van der Waals surface area (Å²) in [6.45, 7) is 2.08. The van der Waals surface area contributed by atoms with Crippen LogP contribution in [0.5, 0.6) is 0 Å². The second-order valence-electron chi connectivity index (χ2n) is 6.98. The normalized spacial score (nSPS) is 10.5. The zero-order valence-corrected chi connectivity index (χ0v) is 17.8. The standard InChI is InChI=1S/C23H19ClFN3O4/c1-15-2-4-16(5-3-15)23(30)27(18-8-6-17(25)7-9-18)13-12-26-22(29)20-11-10-19(28(31)32)14-21(20)24/h2-11,14H,12-13H2,1H3,(H,26,29). The van der Waals surface area contributed by atoms with Gasteiger partial charge in [-0.1, -0.05) is 29.3 Å². The number of halogens is 2. The van der Waals surface area contributed by atoms with Crippen molar-refractivity contribution in [2.75, 3.05) is 18.0 Å². The first-order valence-corrected chi connectivity index (χ1v) is 10.0. The Morgan fingerprint density at radius 1 is 1.06 bits per heavy atom. The first-order valence-electron chi connectivity index (χ1n) is 9.62. The van der Waals surface area contributed by atoms with Gasteiger partial charge in [-0.2, -0.15) is 0 Å². The molecule has 0 saturated carbocycles. The number of hydrogen-bond acceptors (Lipinski definition) is 4. The van der Waals surface area contributed by atoms with Crippen LogP contribution >= 0.6 is 11.6 Å². The molecule has 0 unspecified atom stereocenters. The molecular weight excluding hydrogens is 437 g/mol. The van der Waals surface area contributed by atoms with E-state index >= 15 is 0 Å². The molecule has 2 amide bonds. The largest absolute Gasteiger partial charge is 0.350 e. The van der Waals surface area contributed by atoms with Crippen LogP contribution in [0.15, 0.2) is 66.7 Å². The SMILES string of the molecule is Cc1ccc(C(=O)N(CCNC(=O)c2ccc([N+](=O)[O-])cc2Cl)c2ccc(F)cc2)cc1. The highest BCUT2D eigenvalue weighted by atomic mass is 35.5. The minimum atomic E-state index is -0.606. The van der Waals surface area contributed by atoms with Crippen LogP contribution in [0.1, 0.15) is 26.3 Å². The third-order valence-corrected chi connectivity index (χ3v) is 5.02. The minimum Gasteiger partial charge on any atom is -0.350 e. The predicted molar refractivity (Wildman–Crippen MR) is 120 cm³/mol. The Kier molecular flexibility index (Phi) is 7.17. The Labute approximate surface area is 188 Å². The number of nitro benzene ring substituents is 1. The van der Waals surface area contributed by atoms with Crippen molar-refractivity contribution < 1.29 is 18.9 Å². The van der Waals surface area contributed by atoms with E-state index in [1.807, 2.05) is 19.1 Å². The van der Waals surface area contributed by atoms with Gasteiger partial charge >= 0.3 is 0 Å². The number of non-ortho nitro benzene ring substituents is 1. The molecular formula is C23H19ClFN3O4. The molecule has 0 aromatic heterocycles. The smallest absolute Gasteiger partial charge is 0.270 e. The van der Waals surface area contributed by atoms with Gasteiger partial charge in [-0.15, -0.1) is 0 Å². The Balaban J connectivity index is 1.74. The third-order valence-electron chi connectivity index (χ3n) is 4.71. The Morgan fingerprint density at radius 3 is 2.31 bits per heavy atom. The number of nitrogens with zero attached hydrogens (tertiary/aromatic N) is 2. The van der Waals surface area contributed by atoms with Gasteiger partial charge in [0, 0.05) is 36.5 Å². The van der Waals surface area contributed by atoms with Crippen LogP contribution in [0.4, 0.5) is 15.8 Å². The van der Waals surface area contributed by atoms with Gasteiger partial charge in [0.1, 0.15) is 5.82 Å². The van der Waals surface area contributed by atoms with Crippen molar-refractivity contribution in [1.29, 1.82) is 0 Å². The molecule has 9 heteroatoms. The van der Waals surface area contributed by atoms with Gasteiger partial charge in [0.25, 0.3) is 17.5 Å². The number of hydrogen-bond donors (Lipinski definition) is 1. The summed E-state index contributed by atoms with van der Waals surface area (Å²) in [7, 11) is 0. The Hall–Kier alpha value is -3.78. The van der Waals surface area contributed by atoms with Crippen molar-refractivity contribution in [2.45, 2.75) is 6.92 Å². The predicted octanol–water partition coefficient (Wildman–Crippen LogP) is 4.77. The van der Waals surface area contributed by atoms with Crippen molar-refractivity contribution >= 4 is 34.8 Å². The molecule has 0 aliphatic heterocycles. The van der Waals surface area contributed by atoms with Gasteiger partial charge in [-0.3, -0.25) is 19.7 Å². The molecule has 0 bridgehead atoms. The number of carbonyl (C=O) groups excluding carboxylic acids is 2. The number of benzene rings is 3. The summed E-state index contributed by atoms with van der Waals surface area (Å²) in [5.74, 6) is -1.27. The molecule has 7 nitrogen and oxygen atoms in total. The fourth-order valence-electron chi connectivity index (χ4n) is 3.00. The van der Waals surface area contributed by atoms with E-state index in [0.29, 0.717) is 11.3 Å². The van der Waals surface area contributed by atoms with Gasteiger partial charge < -0.3 is 10.2 Å². The van der Waals surface area contributed by atoms with Crippen molar-refractivity contribution in [3.63, 3.8) is 0 Å². The maximum absolute atomic E-state index is 13.4. The average Bonchev–Trinajstić information content (AvgIpc) is 2.77. The van der Waals surface area contributed by atoms with Crippen LogP contribution in [0.3, 0.4) is 0 Å². The maximum atomic E-state index is 13.4.